The van der Waals surface area contributed by atoms with E-state index in [0.717, 1.165) is 11.3 Å². The van der Waals surface area contributed by atoms with Crippen LogP contribution in [0.15, 0.2) is 41.7 Å². The molecule has 3 rings (SSSR count). The van der Waals surface area contributed by atoms with E-state index in [2.05, 4.69) is 11.9 Å². The number of aryl methyl sites for hydroxylation is 2. The van der Waals surface area contributed by atoms with Crippen molar-refractivity contribution in [3.63, 3.8) is 0 Å². The Bertz CT molecular complexity index is 1310. The van der Waals surface area contributed by atoms with E-state index < -0.39 is 11.6 Å². The van der Waals surface area contributed by atoms with Gasteiger partial charge in [-0.05, 0) is 58.4 Å². The molecule has 0 atom stereocenters. The van der Waals surface area contributed by atoms with Crippen LogP contribution in [-0.2, 0) is 27.3 Å². The predicted molar refractivity (Wildman–Crippen MR) is 129 cm³/mol. The number of carbonyl (C=O) groups is 2. The molecule has 8 nitrogen and oxygen atoms in total. The van der Waals surface area contributed by atoms with Crippen LogP contribution in [0.25, 0.3) is 16.7 Å². The third kappa shape index (κ3) is 4.74. The molecule has 0 aliphatic carbocycles. The molecule has 0 spiro atoms. The third-order valence-electron chi connectivity index (χ3n) is 5.32. The number of hydrogen-bond donors (Lipinski definition) is 1. The Kier molecular flexibility index (Phi) is 6.58. The molecule has 0 aliphatic heterocycles. The highest BCUT2D eigenvalue weighted by molar-refractivity contribution is 6.00. The van der Waals surface area contributed by atoms with E-state index in [1.807, 2.05) is 41.5 Å². The lowest BCUT2D eigenvalue weighted by molar-refractivity contribution is -0.155. The average Bonchev–Trinajstić information content (AvgIpc) is 2.97. The Morgan fingerprint density at radius 2 is 1.88 bits per heavy atom. The standard InChI is InChI=1S/C25H30N4O4/c1-8-19-27-23-22(15(3)16(4)28(23)14-21(31)33-25(5,6)7)24(32)29(19)18-13-11-10-12-17(18)26-20(30)9-2/h9-13H,2,8,14H2,1,3-7H3,(H,26,30). The molecule has 1 amide bonds. The van der Waals surface area contributed by atoms with E-state index >= 15 is 0 Å². The molecule has 0 saturated carbocycles. The normalized spacial score (nSPS) is 11.5. The van der Waals surface area contributed by atoms with Gasteiger partial charge in [0.2, 0.25) is 5.91 Å². The Balaban J connectivity index is 2.24. The van der Waals surface area contributed by atoms with E-state index in [1.54, 1.807) is 28.8 Å². The molecule has 0 radical (unpaired) electrons. The maximum Gasteiger partial charge on any atom is 0.326 e. The van der Waals surface area contributed by atoms with Gasteiger partial charge in [0.15, 0.2) is 0 Å². The maximum atomic E-state index is 13.8. The molecule has 0 fully saturated rings. The van der Waals surface area contributed by atoms with Gasteiger partial charge in [-0.25, -0.2) is 4.98 Å². The van der Waals surface area contributed by atoms with Crippen LogP contribution in [0.2, 0.25) is 0 Å². The summed E-state index contributed by atoms with van der Waals surface area (Å²) < 4.78 is 8.73. The second kappa shape index (κ2) is 9.05. The third-order valence-corrected chi connectivity index (χ3v) is 5.32. The second-order valence-corrected chi connectivity index (χ2v) is 8.81. The number of rotatable bonds is 6. The first-order valence-corrected chi connectivity index (χ1v) is 10.8. The molecule has 0 bridgehead atoms. The summed E-state index contributed by atoms with van der Waals surface area (Å²) in [6.07, 6.45) is 1.64. The van der Waals surface area contributed by atoms with Crippen LogP contribution < -0.4 is 10.9 Å². The molecule has 8 heteroatoms. The molecule has 174 valence electrons. The molecule has 0 saturated heterocycles. The first kappa shape index (κ1) is 24.0. The van der Waals surface area contributed by atoms with E-state index in [-0.39, 0.29) is 18.0 Å². The van der Waals surface area contributed by atoms with Gasteiger partial charge in [0.05, 0.1) is 16.8 Å². The zero-order chi connectivity index (χ0) is 24.5. The lowest BCUT2D eigenvalue weighted by Crippen LogP contribution is -2.28. The average molecular weight is 451 g/mol. The molecule has 3 aromatic rings. The zero-order valence-corrected chi connectivity index (χ0v) is 20.0. The monoisotopic (exact) mass is 450 g/mol. The van der Waals surface area contributed by atoms with Crippen molar-refractivity contribution >= 4 is 28.6 Å². The van der Waals surface area contributed by atoms with Crippen molar-refractivity contribution in [3.05, 3.63) is 64.4 Å². The number of anilines is 1. The topological polar surface area (TPSA) is 95.2 Å². The minimum atomic E-state index is -0.614. The molecule has 33 heavy (non-hydrogen) atoms. The van der Waals surface area contributed by atoms with E-state index in [1.165, 1.54) is 10.6 Å². The van der Waals surface area contributed by atoms with Gasteiger partial charge >= 0.3 is 5.97 Å². The fourth-order valence-corrected chi connectivity index (χ4v) is 3.76. The van der Waals surface area contributed by atoms with Crippen LogP contribution in [0.1, 0.15) is 44.8 Å². The zero-order valence-electron chi connectivity index (χ0n) is 20.0. The fraction of sp³-hybridized carbons (Fsp3) is 0.360. The summed E-state index contributed by atoms with van der Waals surface area (Å²) in [7, 11) is 0. The largest absolute Gasteiger partial charge is 0.459 e. The molecule has 0 aliphatic rings. The van der Waals surface area contributed by atoms with Crippen molar-refractivity contribution in [2.45, 2.75) is 60.1 Å². The van der Waals surface area contributed by atoms with Crippen molar-refractivity contribution in [3.8, 4) is 5.69 Å². The summed E-state index contributed by atoms with van der Waals surface area (Å²) in [6, 6.07) is 7.05. The lowest BCUT2D eigenvalue weighted by atomic mass is 10.2. The molecule has 2 heterocycles. The fourth-order valence-electron chi connectivity index (χ4n) is 3.76. The number of fused-ring (bicyclic) bond motifs is 1. The van der Waals surface area contributed by atoms with Gasteiger partial charge in [-0.2, -0.15) is 0 Å². The second-order valence-electron chi connectivity index (χ2n) is 8.81. The van der Waals surface area contributed by atoms with Crippen LogP contribution >= 0.6 is 0 Å². The van der Waals surface area contributed by atoms with Crippen LogP contribution in [0.4, 0.5) is 5.69 Å². The summed E-state index contributed by atoms with van der Waals surface area (Å²) in [5, 5.41) is 3.18. The number of esters is 1. The first-order chi connectivity index (χ1) is 15.5. The van der Waals surface area contributed by atoms with Gasteiger partial charge in [0, 0.05) is 12.1 Å². The molecular weight excluding hydrogens is 420 g/mol. The van der Waals surface area contributed by atoms with Crippen LogP contribution in [0.3, 0.4) is 0 Å². The quantitative estimate of drug-likeness (QED) is 0.455. The van der Waals surface area contributed by atoms with Crippen molar-refractivity contribution in [1.82, 2.24) is 14.1 Å². The summed E-state index contributed by atoms with van der Waals surface area (Å²) in [5.41, 5.74) is 2.08. The maximum absolute atomic E-state index is 13.8. The highest BCUT2D eigenvalue weighted by Gasteiger charge is 2.24. The van der Waals surface area contributed by atoms with Crippen molar-refractivity contribution < 1.29 is 14.3 Å². The SMILES string of the molecule is C=CC(=O)Nc1ccccc1-n1c(CC)nc2c(c(C)c(C)n2CC(=O)OC(C)(C)C)c1=O. The summed E-state index contributed by atoms with van der Waals surface area (Å²) in [4.78, 5) is 43.0. The Morgan fingerprint density at radius 3 is 2.48 bits per heavy atom. The summed E-state index contributed by atoms with van der Waals surface area (Å²) >= 11 is 0. The van der Waals surface area contributed by atoms with E-state index in [9.17, 15) is 14.4 Å². The lowest BCUT2D eigenvalue weighted by Gasteiger charge is -2.20. The highest BCUT2D eigenvalue weighted by Crippen LogP contribution is 2.26. The van der Waals surface area contributed by atoms with Crippen LogP contribution in [0.5, 0.6) is 0 Å². The minimum Gasteiger partial charge on any atom is -0.459 e. The number of nitrogens with one attached hydrogen (secondary N) is 1. The van der Waals surface area contributed by atoms with Crippen molar-refractivity contribution in [2.75, 3.05) is 5.32 Å². The molecule has 0 unspecified atom stereocenters. The molecule has 2 aromatic heterocycles. The first-order valence-electron chi connectivity index (χ1n) is 10.8. The number of carbonyl (C=O) groups excluding carboxylic acids is 2. The van der Waals surface area contributed by atoms with Crippen molar-refractivity contribution in [2.24, 2.45) is 0 Å². The molecule has 1 N–H and O–H groups in total. The number of para-hydroxylation sites is 2. The van der Waals surface area contributed by atoms with E-state index in [4.69, 9.17) is 9.72 Å². The predicted octanol–water partition coefficient (Wildman–Crippen LogP) is 3.83. The molecular formula is C25H30N4O4. The van der Waals surface area contributed by atoms with Gasteiger partial charge < -0.3 is 14.6 Å². The van der Waals surface area contributed by atoms with Crippen LogP contribution in [-0.4, -0.2) is 31.6 Å². The number of aromatic nitrogens is 3. The number of hydrogen-bond acceptors (Lipinski definition) is 5. The van der Waals surface area contributed by atoms with Gasteiger partial charge in [-0.15, -0.1) is 0 Å². The number of benzene rings is 1. The van der Waals surface area contributed by atoms with Gasteiger partial charge in [0.25, 0.3) is 5.56 Å². The summed E-state index contributed by atoms with van der Waals surface area (Å²) in [5.74, 6) is -0.266. The Labute approximate surface area is 192 Å². The van der Waals surface area contributed by atoms with Gasteiger partial charge in [0.1, 0.15) is 23.6 Å². The number of nitrogens with zero attached hydrogens (tertiary/aromatic N) is 3. The van der Waals surface area contributed by atoms with Crippen molar-refractivity contribution in [1.29, 1.82) is 0 Å². The summed E-state index contributed by atoms with van der Waals surface area (Å²) in [6.45, 7) is 14.5. The van der Waals surface area contributed by atoms with Gasteiger partial charge in [-0.1, -0.05) is 25.6 Å². The van der Waals surface area contributed by atoms with Gasteiger partial charge in [-0.3, -0.25) is 19.0 Å². The minimum absolute atomic E-state index is 0.0426. The Hall–Kier alpha value is -3.68. The Morgan fingerprint density at radius 1 is 1.21 bits per heavy atom. The highest BCUT2D eigenvalue weighted by atomic mass is 16.6. The number of ether oxygens (including phenoxy) is 1. The molecule has 1 aromatic carbocycles. The smallest absolute Gasteiger partial charge is 0.326 e. The van der Waals surface area contributed by atoms with E-state index in [0.29, 0.717) is 34.7 Å². The number of amides is 1. The van der Waals surface area contributed by atoms with Crippen LogP contribution in [0, 0.1) is 13.8 Å².